The number of hydrogen-bond donors (Lipinski definition) is 2. The maximum Gasteiger partial charge on any atom is 0.323 e. The van der Waals surface area contributed by atoms with Gasteiger partial charge in [0.2, 0.25) is 12.3 Å². The molecule has 102 valence electrons. The van der Waals surface area contributed by atoms with Crippen LogP contribution in [0.5, 0.6) is 0 Å². The molecular formula is C13H16N2O4. The first-order valence-electron chi connectivity index (χ1n) is 5.76. The molecule has 0 bridgehead atoms. The molecule has 6 nitrogen and oxygen atoms in total. The zero-order valence-corrected chi connectivity index (χ0v) is 10.6. The SMILES string of the molecule is CNC(=O)[C@H](Cc1ccccc1)N(C=O)CC(=O)O. The van der Waals surface area contributed by atoms with Crippen LogP contribution in [0.1, 0.15) is 5.56 Å². The van der Waals surface area contributed by atoms with Crippen molar-refractivity contribution in [1.29, 1.82) is 0 Å². The Morgan fingerprint density at radius 1 is 1.37 bits per heavy atom. The van der Waals surface area contributed by atoms with Gasteiger partial charge in [-0.25, -0.2) is 0 Å². The summed E-state index contributed by atoms with van der Waals surface area (Å²) in [6.07, 6.45) is 0.656. The van der Waals surface area contributed by atoms with E-state index in [0.717, 1.165) is 10.5 Å². The number of carboxylic acid groups (broad SMARTS) is 1. The summed E-state index contributed by atoms with van der Waals surface area (Å²) >= 11 is 0. The molecule has 1 atom stereocenters. The maximum absolute atomic E-state index is 11.8. The summed E-state index contributed by atoms with van der Waals surface area (Å²) in [5.41, 5.74) is 0.855. The molecule has 2 amide bonds. The summed E-state index contributed by atoms with van der Waals surface area (Å²) in [5.74, 6) is -1.55. The maximum atomic E-state index is 11.8. The van der Waals surface area contributed by atoms with E-state index in [1.165, 1.54) is 7.05 Å². The van der Waals surface area contributed by atoms with Crippen LogP contribution in [-0.4, -0.2) is 47.9 Å². The lowest BCUT2D eigenvalue weighted by molar-refractivity contribution is -0.144. The van der Waals surface area contributed by atoms with Gasteiger partial charge >= 0.3 is 5.97 Å². The second kappa shape index (κ2) is 7.15. The topological polar surface area (TPSA) is 86.7 Å². The van der Waals surface area contributed by atoms with Crippen molar-refractivity contribution < 1.29 is 19.5 Å². The molecule has 0 spiro atoms. The first kappa shape index (κ1) is 14.7. The fourth-order valence-electron chi connectivity index (χ4n) is 1.74. The number of nitrogens with one attached hydrogen (secondary N) is 1. The standard InChI is InChI=1S/C13H16N2O4/c1-14-13(19)11(15(9-16)8-12(17)18)7-10-5-3-2-4-6-10/h2-6,9,11H,7-8H2,1H3,(H,14,19)(H,17,18)/t11-/m0/s1. The van der Waals surface area contributed by atoms with E-state index < -0.39 is 24.5 Å². The van der Waals surface area contributed by atoms with Crippen LogP contribution in [0.4, 0.5) is 0 Å². The lowest BCUT2D eigenvalue weighted by Crippen LogP contribution is -2.48. The van der Waals surface area contributed by atoms with E-state index in [1.807, 2.05) is 30.3 Å². The molecule has 0 heterocycles. The monoisotopic (exact) mass is 264 g/mol. The van der Waals surface area contributed by atoms with Crippen LogP contribution in [0.3, 0.4) is 0 Å². The fourth-order valence-corrected chi connectivity index (χ4v) is 1.74. The number of rotatable bonds is 7. The number of aliphatic carboxylic acids is 1. The molecule has 19 heavy (non-hydrogen) atoms. The van der Waals surface area contributed by atoms with E-state index in [4.69, 9.17) is 5.11 Å². The molecule has 0 aliphatic heterocycles. The molecule has 0 aliphatic carbocycles. The minimum Gasteiger partial charge on any atom is -0.480 e. The molecule has 0 saturated heterocycles. The Hall–Kier alpha value is -2.37. The summed E-state index contributed by atoms with van der Waals surface area (Å²) in [7, 11) is 1.45. The Morgan fingerprint density at radius 3 is 2.47 bits per heavy atom. The molecule has 0 aromatic heterocycles. The third kappa shape index (κ3) is 4.42. The quantitative estimate of drug-likeness (QED) is 0.673. The summed E-state index contributed by atoms with van der Waals surface area (Å²) in [6, 6.07) is 8.28. The van der Waals surface area contributed by atoms with Crippen molar-refractivity contribution in [2.75, 3.05) is 13.6 Å². The zero-order chi connectivity index (χ0) is 14.3. The van der Waals surface area contributed by atoms with Crippen molar-refractivity contribution in [3.05, 3.63) is 35.9 Å². The normalized spacial score (nSPS) is 11.4. The van der Waals surface area contributed by atoms with Crippen molar-refractivity contribution >= 4 is 18.3 Å². The van der Waals surface area contributed by atoms with Gasteiger partial charge in [0.1, 0.15) is 12.6 Å². The lowest BCUT2D eigenvalue weighted by Gasteiger charge is -2.25. The highest BCUT2D eigenvalue weighted by atomic mass is 16.4. The summed E-state index contributed by atoms with van der Waals surface area (Å²) in [5, 5.41) is 11.2. The van der Waals surface area contributed by atoms with Crippen LogP contribution >= 0.6 is 0 Å². The second-order valence-electron chi connectivity index (χ2n) is 3.99. The van der Waals surface area contributed by atoms with Gasteiger partial charge in [0, 0.05) is 13.5 Å². The number of benzene rings is 1. The van der Waals surface area contributed by atoms with Gasteiger partial charge in [-0.15, -0.1) is 0 Å². The predicted molar refractivity (Wildman–Crippen MR) is 68.4 cm³/mol. The molecular weight excluding hydrogens is 248 g/mol. The Balaban J connectivity index is 2.90. The van der Waals surface area contributed by atoms with Gasteiger partial charge in [0.15, 0.2) is 0 Å². The highest BCUT2D eigenvalue weighted by molar-refractivity contribution is 5.85. The molecule has 0 radical (unpaired) electrons. The molecule has 0 fully saturated rings. The lowest BCUT2D eigenvalue weighted by atomic mass is 10.0. The van der Waals surface area contributed by atoms with Crippen molar-refractivity contribution in [3.63, 3.8) is 0 Å². The van der Waals surface area contributed by atoms with Gasteiger partial charge < -0.3 is 15.3 Å². The van der Waals surface area contributed by atoms with Gasteiger partial charge in [0.05, 0.1) is 0 Å². The van der Waals surface area contributed by atoms with E-state index in [1.54, 1.807) is 0 Å². The highest BCUT2D eigenvalue weighted by Crippen LogP contribution is 2.08. The molecule has 1 rings (SSSR count). The summed E-state index contributed by atoms with van der Waals surface area (Å²) in [4.78, 5) is 34.5. The van der Waals surface area contributed by atoms with Crippen LogP contribution < -0.4 is 5.32 Å². The Morgan fingerprint density at radius 2 is 2.00 bits per heavy atom. The van der Waals surface area contributed by atoms with Crippen LogP contribution in [0.2, 0.25) is 0 Å². The number of amides is 2. The van der Waals surface area contributed by atoms with Crippen LogP contribution in [0.15, 0.2) is 30.3 Å². The van der Waals surface area contributed by atoms with Gasteiger partial charge in [-0.1, -0.05) is 30.3 Å². The number of carbonyl (C=O) groups excluding carboxylic acids is 2. The molecule has 0 unspecified atom stereocenters. The smallest absolute Gasteiger partial charge is 0.323 e. The first-order valence-corrected chi connectivity index (χ1v) is 5.76. The molecule has 1 aromatic rings. The van der Waals surface area contributed by atoms with Gasteiger partial charge in [-0.3, -0.25) is 14.4 Å². The number of nitrogens with zero attached hydrogens (tertiary/aromatic N) is 1. The van der Waals surface area contributed by atoms with E-state index in [9.17, 15) is 14.4 Å². The minimum atomic E-state index is -1.16. The number of carbonyl (C=O) groups is 3. The number of likely N-dealkylation sites (N-methyl/N-ethyl adjacent to an activating group) is 1. The van der Waals surface area contributed by atoms with Crippen molar-refractivity contribution in [3.8, 4) is 0 Å². The van der Waals surface area contributed by atoms with E-state index >= 15 is 0 Å². The van der Waals surface area contributed by atoms with Gasteiger partial charge in [-0.2, -0.15) is 0 Å². The van der Waals surface area contributed by atoms with Gasteiger partial charge in [-0.05, 0) is 5.56 Å². The van der Waals surface area contributed by atoms with E-state index in [0.29, 0.717) is 6.41 Å². The molecule has 0 aliphatic rings. The first-order chi connectivity index (χ1) is 9.08. The Kier molecular flexibility index (Phi) is 5.53. The average Bonchev–Trinajstić information content (AvgIpc) is 2.42. The second-order valence-corrected chi connectivity index (χ2v) is 3.99. The number of carboxylic acids is 1. The molecule has 6 heteroatoms. The molecule has 0 saturated carbocycles. The van der Waals surface area contributed by atoms with Gasteiger partial charge in [0.25, 0.3) is 0 Å². The van der Waals surface area contributed by atoms with Crippen LogP contribution in [-0.2, 0) is 20.8 Å². The number of hydrogen-bond acceptors (Lipinski definition) is 3. The summed E-state index contributed by atoms with van der Waals surface area (Å²) in [6.45, 7) is -0.506. The molecule has 2 N–H and O–H groups in total. The van der Waals surface area contributed by atoms with Crippen molar-refractivity contribution in [2.45, 2.75) is 12.5 Å². The largest absolute Gasteiger partial charge is 0.480 e. The van der Waals surface area contributed by atoms with Crippen molar-refractivity contribution in [1.82, 2.24) is 10.2 Å². The summed E-state index contributed by atoms with van der Waals surface area (Å²) < 4.78 is 0. The average molecular weight is 264 g/mol. The van der Waals surface area contributed by atoms with Crippen molar-refractivity contribution in [2.24, 2.45) is 0 Å². The third-order valence-corrected chi connectivity index (χ3v) is 2.67. The third-order valence-electron chi connectivity index (χ3n) is 2.67. The predicted octanol–water partition coefficient (Wildman–Crippen LogP) is -0.113. The zero-order valence-electron chi connectivity index (χ0n) is 10.6. The van der Waals surface area contributed by atoms with E-state index in [2.05, 4.69) is 5.32 Å². The Labute approximate surface area is 111 Å². The Bertz CT molecular complexity index is 447. The van der Waals surface area contributed by atoms with E-state index in [-0.39, 0.29) is 6.42 Å². The fraction of sp³-hybridized carbons (Fsp3) is 0.308. The molecule has 1 aromatic carbocycles. The van der Waals surface area contributed by atoms with Crippen LogP contribution in [0.25, 0.3) is 0 Å². The minimum absolute atomic E-state index is 0.270. The van der Waals surface area contributed by atoms with Crippen LogP contribution in [0, 0.1) is 0 Å². The highest BCUT2D eigenvalue weighted by Gasteiger charge is 2.25.